The minimum absolute atomic E-state index is 0.00535. The normalized spacial score (nSPS) is 29.2. The number of rotatable bonds is 5. The Labute approximate surface area is 155 Å². The highest BCUT2D eigenvalue weighted by molar-refractivity contribution is 7.86. The first-order chi connectivity index (χ1) is 12.4. The zero-order chi connectivity index (χ0) is 18.8. The first-order valence-electron chi connectivity index (χ1n) is 9.08. The fraction of sp³-hybridized carbons (Fsp3) is 0.550. The molecular formula is C20H26O5S. The molecule has 3 rings (SSSR count). The second-order valence-electron chi connectivity index (χ2n) is 7.32. The molecule has 2 aliphatic rings. The van der Waals surface area contributed by atoms with Gasteiger partial charge in [0.15, 0.2) is 5.78 Å². The van der Waals surface area contributed by atoms with Gasteiger partial charge < -0.3 is 4.74 Å². The Morgan fingerprint density at radius 1 is 1.19 bits per heavy atom. The monoisotopic (exact) mass is 378 g/mol. The van der Waals surface area contributed by atoms with E-state index in [4.69, 9.17) is 8.92 Å². The van der Waals surface area contributed by atoms with Gasteiger partial charge in [-0.25, -0.2) is 0 Å². The molecular weight excluding hydrogens is 352 g/mol. The van der Waals surface area contributed by atoms with Crippen LogP contribution in [0.3, 0.4) is 0 Å². The van der Waals surface area contributed by atoms with E-state index in [1.807, 2.05) is 13.0 Å². The van der Waals surface area contributed by atoms with Crippen molar-refractivity contribution >= 4 is 15.9 Å². The number of ketones is 1. The van der Waals surface area contributed by atoms with E-state index in [1.165, 1.54) is 0 Å². The number of carbonyl (C=O) groups is 1. The number of ether oxygens (including phenoxy) is 1. The molecule has 1 aromatic rings. The SMILES string of the molecule is CO[C@H]1CCC[C@@H](COS(=O)(=O)c2ccc(C)cc2)[C@]12C=CC(=O)CC2. The van der Waals surface area contributed by atoms with Gasteiger partial charge in [-0.3, -0.25) is 8.98 Å². The van der Waals surface area contributed by atoms with Crippen LogP contribution < -0.4 is 0 Å². The number of benzene rings is 1. The van der Waals surface area contributed by atoms with Gasteiger partial charge >= 0.3 is 0 Å². The number of hydrogen-bond donors (Lipinski definition) is 0. The topological polar surface area (TPSA) is 69.7 Å². The lowest BCUT2D eigenvalue weighted by Crippen LogP contribution is -2.48. The van der Waals surface area contributed by atoms with Crippen molar-refractivity contribution in [3.63, 3.8) is 0 Å². The van der Waals surface area contributed by atoms with Crippen molar-refractivity contribution in [1.29, 1.82) is 0 Å². The first kappa shape index (κ1) is 19.3. The van der Waals surface area contributed by atoms with E-state index in [-0.39, 0.29) is 34.7 Å². The largest absolute Gasteiger partial charge is 0.381 e. The van der Waals surface area contributed by atoms with E-state index in [0.717, 1.165) is 24.8 Å². The van der Waals surface area contributed by atoms with Crippen LogP contribution in [0.4, 0.5) is 0 Å². The lowest BCUT2D eigenvalue weighted by atomic mass is 9.60. The standard InChI is InChI=1S/C20H26O5S/c1-15-6-8-18(9-7-15)26(22,23)25-14-16-4-3-5-19(24-2)20(16)12-10-17(21)11-13-20/h6-10,12,16,19H,3-5,11,13-14H2,1-2H3/t16-,19-,20+/m0/s1. The van der Waals surface area contributed by atoms with Gasteiger partial charge in [-0.15, -0.1) is 0 Å². The third-order valence-electron chi connectivity index (χ3n) is 5.78. The Morgan fingerprint density at radius 3 is 2.54 bits per heavy atom. The van der Waals surface area contributed by atoms with Gasteiger partial charge in [-0.05, 0) is 50.3 Å². The number of hydrogen-bond acceptors (Lipinski definition) is 5. The van der Waals surface area contributed by atoms with Gasteiger partial charge in [0.05, 0.1) is 17.6 Å². The molecule has 2 aliphatic carbocycles. The molecule has 1 aromatic carbocycles. The molecule has 26 heavy (non-hydrogen) atoms. The zero-order valence-electron chi connectivity index (χ0n) is 15.3. The Hall–Kier alpha value is -1.50. The molecule has 0 bridgehead atoms. The lowest BCUT2D eigenvalue weighted by molar-refractivity contribution is -0.119. The van der Waals surface area contributed by atoms with Crippen molar-refractivity contribution in [1.82, 2.24) is 0 Å². The van der Waals surface area contributed by atoms with Crippen molar-refractivity contribution < 1.29 is 22.1 Å². The number of carbonyl (C=O) groups excluding carboxylic acids is 1. The third-order valence-corrected chi connectivity index (χ3v) is 7.08. The van der Waals surface area contributed by atoms with Crippen molar-refractivity contribution in [2.45, 2.75) is 50.0 Å². The van der Waals surface area contributed by atoms with Crippen molar-refractivity contribution in [2.75, 3.05) is 13.7 Å². The molecule has 0 N–H and O–H groups in total. The van der Waals surface area contributed by atoms with Crippen LogP contribution in [-0.4, -0.2) is 34.0 Å². The second-order valence-corrected chi connectivity index (χ2v) is 8.93. The summed E-state index contributed by atoms with van der Waals surface area (Å²) in [6.07, 6.45) is 7.44. The van der Waals surface area contributed by atoms with E-state index in [2.05, 4.69) is 0 Å². The van der Waals surface area contributed by atoms with Crippen molar-refractivity contribution in [3.05, 3.63) is 42.0 Å². The van der Waals surface area contributed by atoms with Crippen LogP contribution in [0.5, 0.6) is 0 Å². The summed E-state index contributed by atoms with van der Waals surface area (Å²) in [6.45, 7) is 2.01. The quantitative estimate of drug-likeness (QED) is 0.734. The van der Waals surface area contributed by atoms with Crippen LogP contribution in [0.2, 0.25) is 0 Å². The van der Waals surface area contributed by atoms with E-state index < -0.39 is 10.1 Å². The van der Waals surface area contributed by atoms with Gasteiger partial charge in [0, 0.05) is 18.9 Å². The summed E-state index contributed by atoms with van der Waals surface area (Å²) in [5.41, 5.74) is 0.666. The molecule has 0 aromatic heterocycles. The van der Waals surface area contributed by atoms with Crippen LogP contribution in [0, 0.1) is 18.3 Å². The predicted molar refractivity (Wildman–Crippen MR) is 98.3 cm³/mol. The maximum Gasteiger partial charge on any atom is 0.296 e. The average molecular weight is 378 g/mol. The highest BCUT2D eigenvalue weighted by atomic mass is 32.2. The molecule has 3 atom stereocenters. The molecule has 1 saturated carbocycles. The van der Waals surface area contributed by atoms with Crippen LogP contribution in [0.1, 0.15) is 37.7 Å². The minimum atomic E-state index is -3.80. The number of aryl methyl sites for hydroxylation is 1. The molecule has 0 unspecified atom stereocenters. The fourth-order valence-corrected chi connectivity index (χ4v) is 5.18. The smallest absolute Gasteiger partial charge is 0.296 e. The van der Waals surface area contributed by atoms with Crippen LogP contribution in [0.25, 0.3) is 0 Å². The average Bonchev–Trinajstić information content (AvgIpc) is 2.63. The summed E-state index contributed by atoms with van der Waals surface area (Å²) in [4.78, 5) is 11.8. The molecule has 5 nitrogen and oxygen atoms in total. The molecule has 0 aliphatic heterocycles. The first-order valence-corrected chi connectivity index (χ1v) is 10.5. The Balaban J connectivity index is 1.79. The number of allylic oxidation sites excluding steroid dienone is 1. The van der Waals surface area contributed by atoms with Gasteiger partial charge in [-0.1, -0.05) is 30.2 Å². The molecule has 0 saturated heterocycles. The molecule has 1 fully saturated rings. The highest BCUT2D eigenvalue weighted by Crippen LogP contribution is 2.49. The summed E-state index contributed by atoms with van der Waals surface area (Å²) in [5, 5.41) is 0. The maximum atomic E-state index is 12.5. The van der Waals surface area contributed by atoms with Crippen LogP contribution in [-0.2, 0) is 23.8 Å². The zero-order valence-corrected chi connectivity index (χ0v) is 16.1. The van der Waals surface area contributed by atoms with E-state index >= 15 is 0 Å². The summed E-state index contributed by atoms with van der Waals surface area (Å²) < 4.78 is 36.2. The second kappa shape index (κ2) is 7.62. The van der Waals surface area contributed by atoms with Crippen molar-refractivity contribution in [3.8, 4) is 0 Å². The van der Waals surface area contributed by atoms with Gasteiger partial charge in [-0.2, -0.15) is 8.42 Å². The fourth-order valence-electron chi connectivity index (χ4n) is 4.23. The van der Waals surface area contributed by atoms with Crippen LogP contribution >= 0.6 is 0 Å². The molecule has 0 radical (unpaired) electrons. The Kier molecular flexibility index (Phi) is 5.65. The molecule has 142 valence electrons. The maximum absolute atomic E-state index is 12.5. The molecule has 0 heterocycles. The van der Waals surface area contributed by atoms with E-state index in [1.54, 1.807) is 37.5 Å². The minimum Gasteiger partial charge on any atom is -0.381 e. The predicted octanol–water partition coefficient (Wildman–Crippen LogP) is 3.42. The molecule has 6 heteroatoms. The van der Waals surface area contributed by atoms with Crippen molar-refractivity contribution in [2.24, 2.45) is 11.3 Å². The number of methoxy groups -OCH3 is 1. The molecule has 0 amide bonds. The van der Waals surface area contributed by atoms with Gasteiger partial charge in [0.1, 0.15) is 0 Å². The van der Waals surface area contributed by atoms with E-state index in [9.17, 15) is 13.2 Å². The summed E-state index contributed by atoms with van der Waals surface area (Å²) in [6, 6.07) is 6.65. The Bertz CT molecular complexity index is 781. The van der Waals surface area contributed by atoms with Gasteiger partial charge in [0.25, 0.3) is 10.1 Å². The van der Waals surface area contributed by atoms with E-state index in [0.29, 0.717) is 12.8 Å². The van der Waals surface area contributed by atoms with Gasteiger partial charge in [0.2, 0.25) is 0 Å². The third kappa shape index (κ3) is 3.77. The Morgan fingerprint density at radius 2 is 1.92 bits per heavy atom. The van der Waals surface area contributed by atoms with Crippen LogP contribution in [0.15, 0.2) is 41.3 Å². The lowest BCUT2D eigenvalue weighted by Gasteiger charge is -2.48. The highest BCUT2D eigenvalue weighted by Gasteiger charge is 2.48. The molecule has 1 spiro atoms. The summed E-state index contributed by atoms with van der Waals surface area (Å²) >= 11 is 0. The summed E-state index contributed by atoms with van der Waals surface area (Å²) in [5.74, 6) is 0.119. The summed E-state index contributed by atoms with van der Waals surface area (Å²) in [7, 11) is -2.12.